The Hall–Kier alpha value is -0.590. The van der Waals surface area contributed by atoms with Gasteiger partial charge in [0.15, 0.2) is 0 Å². The molecule has 1 rings (SSSR count). The molecule has 1 nitrogen and oxygen atoms in total. The van der Waals surface area contributed by atoms with E-state index in [9.17, 15) is 4.79 Å². The maximum atomic E-state index is 11.0. The third-order valence-electron chi connectivity index (χ3n) is 3.35. The summed E-state index contributed by atoms with van der Waals surface area (Å²) >= 11 is 0. The van der Waals surface area contributed by atoms with Gasteiger partial charge in [0, 0.05) is 5.41 Å². The molecule has 0 aromatic heterocycles. The molecule has 0 aromatic rings. The molecule has 0 radical (unpaired) electrons. The quantitative estimate of drug-likeness (QED) is 0.479. The van der Waals surface area contributed by atoms with Crippen LogP contribution in [0.3, 0.4) is 0 Å². The van der Waals surface area contributed by atoms with Crippen LogP contribution < -0.4 is 0 Å². The number of aldehydes is 1. The number of allylic oxidation sites excluding steroid dienone is 2. The first-order valence-electron chi connectivity index (χ1n) is 5.03. The SMILES string of the molecule is CC(C)=CCCC1(C=O)CC1(C)C. The summed E-state index contributed by atoms with van der Waals surface area (Å²) < 4.78 is 0. The fraction of sp³-hybridized carbons (Fsp3) is 0.750. The molecule has 1 unspecified atom stereocenters. The Labute approximate surface area is 81.2 Å². The number of carbonyl (C=O) groups is 1. The lowest BCUT2D eigenvalue weighted by Crippen LogP contribution is -2.10. The van der Waals surface area contributed by atoms with Crippen molar-refractivity contribution < 1.29 is 4.79 Å². The minimum absolute atomic E-state index is 0.00104. The number of hydrogen-bond donors (Lipinski definition) is 0. The van der Waals surface area contributed by atoms with Gasteiger partial charge in [0.2, 0.25) is 0 Å². The predicted molar refractivity (Wildman–Crippen MR) is 55.6 cm³/mol. The molecule has 1 fully saturated rings. The van der Waals surface area contributed by atoms with Gasteiger partial charge in [-0.05, 0) is 38.5 Å². The van der Waals surface area contributed by atoms with Gasteiger partial charge in [0.25, 0.3) is 0 Å². The van der Waals surface area contributed by atoms with E-state index in [1.807, 2.05) is 0 Å². The van der Waals surface area contributed by atoms with Crippen LogP contribution in [0.2, 0.25) is 0 Å². The van der Waals surface area contributed by atoms with Crippen LogP contribution in [0.15, 0.2) is 11.6 Å². The van der Waals surface area contributed by atoms with Gasteiger partial charge in [-0.2, -0.15) is 0 Å². The van der Waals surface area contributed by atoms with Crippen molar-refractivity contribution in [2.45, 2.75) is 47.0 Å². The van der Waals surface area contributed by atoms with Crippen LogP contribution in [0.5, 0.6) is 0 Å². The van der Waals surface area contributed by atoms with Crippen molar-refractivity contribution >= 4 is 6.29 Å². The highest BCUT2D eigenvalue weighted by molar-refractivity contribution is 5.66. The second kappa shape index (κ2) is 3.28. The first-order chi connectivity index (χ1) is 5.93. The van der Waals surface area contributed by atoms with Crippen LogP contribution in [0.4, 0.5) is 0 Å². The second-order valence-electron chi connectivity index (χ2n) is 5.15. The summed E-state index contributed by atoms with van der Waals surface area (Å²) in [4.78, 5) is 11.0. The van der Waals surface area contributed by atoms with Crippen LogP contribution in [0.25, 0.3) is 0 Å². The van der Waals surface area contributed by atoms with Gasteiger partial charge in [-0.1, -0.05) is 25.5 Å². The minimum atomic E-state index is -0.00104. The summed E-state index contributed by atoms with van der Waals surface area (Å²) in [5.41, 5.74) is 1.60. The number of carbonyl (C=O) groups excluding carboxylic acids is 1. The molecule has 1 atom stereocenters. The Morgan fingerprint density at radius 3 is 2.23 bits per heavy atom. The van der Waals surface area contributed by atoms with Crippen molar-refractivity contribution in [2.24, 2.45) is 10.8 Å². The Morgan fingerprint density at radius 2 is 1.92 bits per heavy atom. The third-order valence-corrected chi connectivity index (χ3v) is 3.35. The van der Waals surface area contributed by atoms with Crippen LogP contribution in [-0.2, 0) is 4.79 Å². The zero-order valence-corrected chi connectivity index (χ0v) is 9.18. The largest absolute Gasteiger partial charge is 0.303 e. The molecule has 74 valence electrons. The van der Waals surface area contributed by atoms with E-state index in [2.05, 4.69) is 33.8 Å². The molecule has 0 bridgehead atoms. The van der Waals surface area contributed by atoms with Crippen molar-refractivity contribution in [3.05, 3.63) is 11.6 Å². The molecular weight excluding hydrogens is 160 g/mol. The summed E-state index contributed by atoms with van der Waals surface area (Å²) in [6.45, 7) is 8.57. The summed E-state index contributed by atoms with van der Waals surface area (Å²) in [7, 11) is 0. The van der Waals surface area contributed by atoms with E-state index < -0.39 is 0 Å². The van der Waals surface area contributed by atoms with Crippen LogP contribution >= 0.6 is 0 Å². The van der Waals surface area contributed by atoms with Crippen molar-refractivity contribution in [3.63, 3.8) is 0 Å². The first-order valence-corrected chi connectivity index (χ1v) is 5.03. The normalized spacial score (nSPS) is 29.5. The smallest absolute Gasteiger partial charge is 0.126 e. The fourth-order valence-corrected chi connectivity index (χ4v) is 2.05. The molecule has 0 aliphatic heterocycles. The molecule has 0 saturated heterocycles. The predicted octanol–water partition coefficient (Wildman–Crippen LogP) is 3.35. The summed E-state index contributed by atoms with van der Waals surface area (Å²) in [6.07, 6.45) is 6.53. The van der Waals surface area contributed by atoms with E-state index in [0.717, 1.165) is 19.3 Å². The maximum absolute atomic E-state index is 11.0. The van der Waals surface area contributed by atoms with Gasteiger partial charge < -0.3 is 4.79 Å². The van der Waals surface area contributed by atoms with Crippen molar-refractivity contribution in [2.75, 3.05) is 0 Å². The van der Waals surface area contributed by atoms with Gasteiger partial charge in [-0.3, -0.25) is 0 Å². The van der Waals surface area contributed by atoms with Gasteiger partial charge in [-0.15, -0.1) is 0 Å². The van der Waals surface area contributed by atoms with E-state index in [0.29, 0.717) is 0 Å². The fourth-order valence-electron chi connectivity index (χ4n) is 2.05. The molecule has 0 amide bonds. The van der Waals surface area contributed by atoms with Gasteiger partial charge >= 0.3 is 0 Å². The molecule has 0 aromatic carbocycles. The summed E-state index contributed by atoms with van der Waals surface area (Å²) in [5.74, 6) is 0. The van der Waals surface area contributed by atoms with E-state index in [4.69, 9.17) is 0 Å². The molecule has 0 heterocycles. The van der Waals surface area contributed by atoms with Gasteiger partial charge in [0.1, 0.15) is 6.29 Å². The monoisotopic (exact) mass is 180 g/mol. The average molecular weight is 180 g/mol. The zero-order chi connectivity index (χ0) is 10.1. The lowest BCUT2D eigenvalue weighted by atomic mass is 9.92. The topological polar surface area (TPSA) is 17.1 Å². The maximum Gasteiger partial charge on any atom is 0.126 e. The second-order valence-corrected chi connectivity index (χ2v) is 5.15. The number of hydrogen-bond acceptors (Lipinski definition) is 1. The molecule has 0 spiro atoms. The van der Waals surface area contributed by atoms with E-state index >= 15 is 0 Å². The van der Waals surface area contributed by atoms with Crippen LogP contribution in [0.1, 0.15) is 47.0 Å². The molecule has 1 heteroatoms. The standard InChI is InChI=1S/C12H20O/c1-10(2)6-5-7-12(9-13)8-11(12,3)4/h6,9H,5,7-8H2,1-4H3. The van der Waals surface area contributed by atoms with Crippen molar-refractivity contribution in [1.82, 2.24) is 0 Å². The van der Waals surface area contributed by atoms with Gasteiger partial charge in [0.05, 0.1) is 0 Å². The number of rotatable bonds is 4. The molecule has 1 saturated carbocycles. The average Bonchev–Trinajstić information content (AvgIpc) is 2.53. The molecule has 1 aliphatic rings. The highest BCUT2D eigenvalue weighted by Gasteiger charge is 2.60. The Morgan fingerprint density at radius 1 is 1.38 bits per heavy atom. The first kappa shape index (κ1) is 10.5. The van der Waals surface area contributed by atoms with E-state index in [1.54, 1.807) is 0 Å². The molecular formula is C12H20O. The molecule has 0 N–H and O–H groups in total. The lowest BCUT2D eigenvalue weighted by molar-refractivity contribution is -0.113. The molecule has 13 heavy (non-hydrogen) atoms. The van der Waals surface area contributed by atoms with Crippen molar-refractivity contribution in [1.29, 1.82) is 0 Å². The van der Waals surface area contributed by atoms with Crippen molar-refractivity contribution in [3.8, 4) is 0 Å². The highest BCUT2D eigenvalue weighted by Crippen LogP contribution is 2.64. The minimum Gasteiger partial charge on any atom is -0.303 e. The summed E-state index contributed by atoms with van der Waals surface area (Å²) in [5, 5.41) is 0. The van der Waals surface area contributed by atoms with E-state index in [-0.39, 0.29) is 10.8 Å². The molecule has 1 aliphatic carbocycles. The van der Waals surface area contributed by atoms with Crippen LogP contribution in [0, 0.1) is 10.8 Å². The zero-order valence-electron chi connectivity index (χ0n) is 9.18. The Kier molecular flexibility index (Phi) is 2.65. The van der Waals surface area contributed by atoms with Crippen LogP contribution in [-0.4, -0.2) is 6.29 Å². The Bertz CT molecular complexity index is 234. The van der Waals surface area contributed by atoms with Gasteiger partial charge in [-0.25, -0.2) is 0 Å². The Balaban J connectivity index is 2.45. The van der Waals surface area contributed by atoms with E-state index in [1.165, 1.54) is 11.9 Å². The highest BCUT2D eigenvalue weighted by atomic mass is 16.1. The lowest BCUT2D eigenvalue weighted by Gasteiger charge is -2.11. The third kappa shape index (κ3) is 2.01. The summed E-state index contributed by atoms with van der Waals surface area (Å²) in [6, 6.07) is 0.